The Hall–Kier alpha value is -0.410. The Morgan fingerprint density at radius 1 is 1.27 bits per heavy atom. The summed E-state index contributed by atoms with van der Waals surface area (Å²) in [6, 6.07) is -0.0742. The summed E-state index contributed by atoms with van der Waals surface area (Å²) in [4.78, 5) is 14.0. The van der Waals surface area contributed by atoms with E-state index in [1.165, 1.54) is 4.31 Å². The molecule has 7 nitrogen and oxygen atoms in total. The number of carbonyl (C=O) groups is 1. The molecule has 1 unspecified atom stereocenters. The SMILES string of the molecule is COCCCS(=O)(=O)N1CCN(C(=O)C2CCCN2)CC1.Cl. The fourth-order valence-corrected chi connectivity index (χ4v) is 4.28. The number of halogens is 1. The molecule has 1 amide bonds. The van der Waals surface area contributed by atoms with E-state index in [9.17, 15) is 13.2 Å². The van der Waals surface area contributed by atoms with Crippen LogP contribution in [0.4, 0.5) is 0 Å². The second kappa shape index (κ2) is 9.02. The highest BCUT2D eigenvalue weighted by atomic mass is 35.5. The summed E-state index contributed by atoms with van der Waals surface area (Å²) >= 11 is 0. The monoisotopic (exact) mass is 355 g/mol. The number of hydrogen-bond donors (Lipinski definition) is 1. The van der Waals surface area contributed by atoms with E-state index in [2.05, 4.69) is 5.32 Å². The van der Waals surface area contributed by atoms with Crippen LogP contribution in [0.2, 0.25) is 0 Å². The first-order valence-electron chi connectivity index (χ1n) is 7.53. The number of ether oxygens (including phenoxy) is 1. The van der Waals surface area contributed by atoms with Crippen molar-refractivity contribution in [2.24, 2.45) is 0 Å². The molecule has 0 spiro atoms. The van der Waals surface area contributed by atoms with Crippen LogP contribution in [0.1, 0.15) is 19.3 Å². The molecule has 0 saturated carbocycles. The lowest BCUT2D eigenvalue weighted by atomic mass is 10.2. The number of nitrogens with one attached hydrogen (secondary N) is 1. The van der Waals surface area contributed by atoms with E-state index in [0.29, 0.717) is 39.2 Å². The first-order valence-corrected chi connectivity index (χ1v) is 9.14. The van der Waals surface area contributed by atoms with Crippen molar-refractivity contribution in [2.45, 2.75) is 25.3 Å². The lowest BCUT2D eigenvalue weighted by molar-refractivity contribution is -0.134. The summed E-state index contributed by atoms with van der Waals surface area (Å²) < 4.78 is 30.7. The number of carbonyl (C=O) groups excluding carboxylic acids is 1. The van der Waals surface area contributed by atoms with Crippen molar-refractivity contribution >= 4 is 28.3 Å². The van der Waals surface area contributed by atoms with Crippen molar-refractivity contribution in [1.82, 2.24) is 14.5 Å². The van der Waals surface area contributed by atoms with Gasteiger partial charge in [0, 0.05) is 39.9 Å². The lowest BCUT2D eigenvalue weighted by Crippen LogP contribution is -2.54. The zero-order valence-corrected chi connectivity index (χ0v) is 14.6. The number of piperazine rings is 1. The van der Waals surface area contributed by atoms with Crippen LogP contribution in [0.15, 0.2) is 0 Å². The molecule has 2 rings (SSSR count). The predicted octanol–water partition coefficient (Wildman–Crippen LogP) is -0.329. The maximum Gasteiger partial charge on any atom is 0.239 e. The van der Waals surface area contributed by atoms with Crippen LogP contribution >= 0.6 is 12.4 Å². The molecule has 0 aliphatic carbocycles. The van der Waals surface area contributed by atoms with Crippen molar-refractivity contribution < 1.29 is 17.9 Å². The van der Waals surface area contributed by atoms with Gasteiger partial charge < -0.3 is 15.0 Å². The Balaban J connectivity index is 0.00000242. The molecule has 0 radical (unpaired) electrons. The summed E-state index contributed by atoms with van der Waals surface area (Å²) in [5, 5.41) is 3.19. The van der Waals surface area contributed by atoms with Crippen LogP contribution in [0.5, 0.6) is 0 Å². The smallest absolute Gasteiger partial charge is 0.239 e. The molecular weight excluding hydrogens is 330 g/mol. The third-order valence-corrected chi connectivity index (χ3v) is 6.01. The molecule has 22 heavy (non-hydrogen) atoms. The zero-order valence-electron chi connectivity index (χ0n) is 13.0. The minimum atomic E-state index is -3.22. The summed E-state index contributed by atoms with van der Waals surface area (Å²) in [7, 11) is -1.66. The van der Waals surface area contributed by atoms with Crippen molar-refractivity contribution in [3.63, 3.8) is 0 Å². The minimum Gasteiger partial charge on any atom is -0.385 e. The molecule has 9 heteroatoms. The van der Waals surface area contributed by atoms with Crippen LogP contribution in [0.3, 0.4) is 0 Å². The number of amides is 1. The van der Waals surface area contributed by atoms with Gasteiger partial charge in [0.15, 0.2) is 0 Å². The van der Waals surface area contributed by atoms with Gasteiger partial charge >= 0.3 is 0 Å². The Kier molecular flexibility index (Phi) is 8.06. The topological polar surface area (TPSA) is 79.0 Å². The molecule has 2 aliphatic heterocycles. The highest BCUT2D eigenvalue weighted by Crippen LogP contribution is 2.13. The Bertz CT molecular complexity index is 446. The first-order chi connectivity index (χ1) is 10.0. The Morgan fingerprint density at radius 2 is 1.95 bits per heavy atom. The summed E-state index contributed by atoms with van der Waals surface area (Å²) in [6.07, 6.45) is 2.42. The molecule has 2 heterocycles. The quantitative estimate of drug-likeness (QED) is 0.660. The molecule has 2 aliphatic rings. The Morgan fingerprint density at radius 3 is 2.50 bits per heavy atom. The van der Waals surface area contributed by atoms with Gasteiger partial charge in [0.1, 0.15) is 0 Å². The molecule has 0 bridgehead atoms. The second-order valence-corrected chi connectivity index (χ2v) is 7.62. The molecular formula is C13H26ClN3O4S. The highest BCUT2D eigenvalue weighted by Gasteiger charge is 2.32. The van der Waals surface area contributed by atoms with Crippen molar-refractivity contribution in [2.75, 3.05) is 52.2 Å². The third kappa shape index (κ3) is 5.06. The fourth-order valence-electron chi connectivity index (χ4n) is 2.82. The van der Waals surface area contributed by atoms with Crippen molar-refractivity contribution in [3.8, 4) is 0 Å². The van der Waals surface area contributed by atoms with E-state index in [4.69, 9.17) is 4.74 Å². The largest absolute Gasteiger partial charge is 0.385 e. The fraction of sp³-hybridized carbons (Fsp3) is 0.923. The third-order valence-electron chi connectivity index (χ3n) is 4.05. The molecule has 130 valence electrons. The van der Waals surface area contributed by atoms with Gasteiger partial charge in [-0.1, -0.05) is 0 Å². The summed E-state index contributed by atoms with van der Waals surface area (Å²) in [6.45, 7) is 3.11. The number of methoxy groups -OCH3 is 1. The van der Waals surface area contributed by atoms with Gasteiger partial charge in [0.05, 0.1) is 11.8 Å². The van der Waals surface area contributed by atoms with E-state index >= 15 is 0 Å². The van der Waals surface area contributed by atoms with E-state index in [-0.39, 0.29) is 30.1 Å². The summed E-state index contributed by atoms with van der Waals surface area (Å²) in [5.74, 6) is 0.225. The molecule has 0 aromatic heterocycles. The predicted molar refractivity (Wildman–Crippen MR) is 86.7 cm³/mol. The van der Waals surface area contributed by atoms with Gasteiger partial charge in [-0.05, 0) is 25.8 Å². The number of nitrogens with zero attached hydrogens (tertiary/aromatic N) is 2. The number of hydrogen-bond acceptors (Lipinski definition) is 5. The molecule has 1 N–H and O–H groups in total. The van der Waals surface area contributed by atoms with Gasteiger partial charge in [-0.15, -0.1) is 12.4 Å². The van der Waals surface area contributed by atoms with Gasteiger partial charge in [-0.25, -0.2) is 8.42 Å². The van der Waals surface area contributed by atoms with Crippen LogP contribution in [-0.2, 0) is 19.6 Å². The molecule has 1 atom stereocenters. The van der Waals surface area contributed by atoms with Crippen LogP contribution in [0.25, 0.3) is 0 Å². The van der Waals surface area contributed by atoms with Gasteiger partial charge in [-0.3, -0.25) is 4.79 Å². The normalized spacial score (nSPS) is 23.3. The highest BCUT2D eigenvalue weighted by molar-refractivity contribution is 7.89. The maximum atomic E-state index is 12.2. The van der Waals surface area contributed by atoms with Crippen molar-refractivity contribution in [3.05, 3.63) is 0 Å². The average Bonchev–Trinajstić information content (AvgIpc) is 3.01. The zero-order chi connectivity index (χ0) is 15.3. The van der Waals surface area contributed by atoms with E-state index < -0.39 is 10.0 Å². The molecule has 0 aromatic carbocycles. The van der Waals surface area contributed by atoms with E-state index in [1.54, 1.807) is 12.0 Å². The minimum absolute atomic E-state index is 0. The average molecular weight is 356 g/mol. The second-order valence-electron chi connectivity index (χ2n) is 5.54. The van der Waals surface area contributed by atoms with Gasteiger partial charge in [0.25, 0.3) is 0 Å². The lowest BCUT2D eigenvalue weighted by Gasteiger charge is -2.35. The maximum absolute atomic E-state index is 12.2. The van der Waals surface area contributed by atoms with Crippen LogP contribution in [0, 0.1) is 0 Å². The number of sulfonamides is 1. The van der Waals surface area contributed by atoms with Crippen LogP contribution < -0.4 is 5.32 Å². The van der Waals surface area contributed by atoms with E-state index in [1.807, 2.05) is 0 Å². The standard InChI is InChI=1S/C13H25N3O4S.ClH/c1-20-10-3-11-21(18,19)16-8-6-15(7-9-16)13(17)12-4-2-5-14-12;/h12,14H,2-11H2,1H3;1H. The first kappa shape index (κ1) is 19.6. The van der Waals surface area contributed by atoms with Gasteiger partial charge in [-0.2, -0.15) is 4.31 Å². The van der Waals surface area contributed by atoms with Crippen LogP contribution in [-0.4, -0.2) is 81.8 Å². The number of rotatable bonds is 6. The molecule has 0 aromatic rings. The molecule has 2 fully saturated rings. The van der Waals surface area contributed by atoms with Gasteiger partial charge in [0.2, 0.25) is 15.9 Å². The summed E-state index contributed by atoms with van der Waals surface area (Å²) in [5.41, 5.74) is 0. The molecule has 2 saturated heterocycles. The van der Waals surface area contributed by atoms with E-state index in [0.717, 1.165) is 19.4 Å². The Labute approximate surface area is 138 Å². The van der Waals surface area contributed by atoms with Crippen molar-refractivity contribution in [1.29, 1.82) is 0 Å².